The minimum absolute atomic E-state index is 0.0780. The molecule has 0 aliphatic heterocycles. The van der Waals surface area contributed by atoms with Crippen molar-refractivity contribution in [3.63, 3.8) is 0 Å². The molecule has 1 aromatic heterocycles. The maximum atomic E-state index is 13.0. The third-order valence-electron chi connectivity index (χ3n) is 6.13. The molecule has 2 aliphatic carbocycles. The summed E-state index contributed by atoms with van der Waals surface area (Å²) in [6, 6.07) is 9.75. The zero-order valence-electron chi connectivity index (χ0n) is 16.1. The van der Waals surface area contributed by atoms with Crippen LogP contribution in [0.2, 0.25) is 5.02 Å². The summed E-state index contributed by atoms with van der Waals surface area (Å²) in [5, 5.41) is 6.77. The smallest absolute Gasteiger partial charge is 0.270 e. The van der Waals surface area contributed by atoms with Gasteiger partial charge in [-0.25, -0.2) is 9.37 Å². The van der Waals surface area contributed by atoms with Crippen LogP contribution in [0.5, 0.6) is 0 Å². The fraction of sp³-hybridized carbons (Fsp3) is 0.409. The standard InChI is InChI=1S/C22H23ClFN3O2/c1-2-18(27-21(28)12-3-5-13(23)6-4-12)20-16-9-15(10-17(16)20)26-22(29)19-8-7-14(24)11-25-19/h3-8,11,15-18,20H,2,9-10H2,1H3,(H,26,29)(H,27,28)/t15?,16-,17?,18?,20?/m0/s1. The molecule has 152 valence electrons. The topological polar surface area (TPSA) is 71.1 Å². The Morgan fingerprint density at radius 2 is 1.83 bits per heavy atom. The van der Waals surface area contributed by atoms with Crippen molar-refractivity contribution in [2.75, 3.05) is 0 Å². The monoisotopic (exact) mass is 415 g/mol. The Labute approximate surface area is 174 Å². The lowest BCUT2D eigenvalue weighted by Crippen LogP contribution is -2.39. The van der Waals surface area contributed by atoms with E-state index in [2.05, 4.69) is 22.5 Å². The van der Waals surface area contributed by atoms with Gasteiger partial charge in [0.2, 0.25) is 0 Å². The number of nitrogens with zero attached hydrogens (tertiary/aromatic N) is 1. The van der Waals surface area contributed by atoms with Crippen molar-refractivity contribution in [3.8, 4) is 0 Å². The number of halogens is 2. The van der Waals surface area contributed by atoms with Crippen molar-refractivity contribution in [2.45, 2.75) is 38.3 Å². The van der Waals surface area contributed by atoms with Crippen molar-refractivity contribution in [3.05, 3.63) is 64.7 Å². The van der Waals surface area contributed by atoms with Gasteiger partial charge in [-0.05, 0) is 73.4 Å². The van der Waals surface area contributed by atoms with Crippen molar-refractivity contribution < 1.29 is 14.0 Å². The number of benzene rings is 1. The predicted octanol–water partition coefficient (Wildman–Crippen LogP) is 3.84. The van der Waals surface area contributed by atoms with Gasteiger partial charge < -0.3 is 10.6 Å². The van der Waals surface area contributed by atoms with Crippen molar-refractivity contribution in [2.24, 2.45) is 17.8 Å². The summed E-state index contributed by atoms with van der Waals surface area (Å²) in [7, 11) is 0. The number of fused-ring (bicyclic) bond motifs is 1. The van der Waals surface area contributed by atoms with E-state index in [1.165, 1.54) is 12.1 Å². The molecule has 2 saturated carbocycles. The number of hydrogen-bond acceptors (Lipinski definition) is 3. The summed E-state index contributed by atoms with van der Waals surface area (Å²) in [5.74, 6) is 0.668. The first-order valence-electron chi connectivity index (χ1n) is 9.95. The molecule has 2 aromatic rings. The molecule has 7 heteroatoms. The van der Waals surface area contributed by atoms with E-state index in [4.69, 9.17) is 11.6 Å². The van der Waals surface area contributed by atoms with Crippen LogP contribution in [0, 0.1) is 23.6 Å². The second-order valence-electron chi connectivity index (χ2n) is 7.90. The molecule has 4 rings (SSSR count). The molecule has 2 N–H and O–H groups in total. The lowest BCUT2D eigenvalue weighted by atomic mass is 9.99. The molecule has 1 heterocycles. The zero-order valence-corrected chi connectivity index (χ0v) is 16.8. The van der Waals surface area contributed by atoms with Crippen LogP contribution >= 0.6 is 11.6 Å². The fourth-order valence-electron chi connectivity index (χ4n) is 4.70. The Morgan fingerprint density at radius 1 is 1.14 bits per heavy atom. The van der Waals surface area contributed by atoms with E-state index < -0.39 is 5.82 Å². The average Bonchev–Trinajstić information content (AvgIpc) is 3.20. The Hall–Kier alpha value is -2.47. The van der Waals surface area contributed by atoms with Crippen LogP contribution < -0.4 is 10.6 Å². The first kappa shape index (κ1) is 19.8. The summed E-state index contributed by atoms with van der Waals surface area (Å²) in [5.41, 5.74) is 0.834. The van der Waals surface area contributed by atoms with E-state index in [0.717, 1.165) is 25.5 Å². The molecular weight excluding hydrogens is 393 g/mol. The van der Waals surface area contributed by atoms with Gasteiger partial charge in [0.1, 0.15) is 11.5 Å². The lowest BCUT2D eigenvalue weighted by Gasteiger charge is -2.22. The van der Waals surface area contributed by atoms with E-state index in [9.17, 15) is 14.0 Å². The van der Waals surface area contributed by atoms with Gasteiger partial charge in [0.15, 0.2) is 0 Å². The van der Waals surface area contributed by atoms with Gasteiger partial charge in [0.25, 0.3) is 11.8 Å². The number of aromatic nitrogens is 1. The molecule has 5 nitrogen and oxygen atoms in total. The molecule has 2 fully saturated rings. The maximum Gasteiger partial charge on any atom is 0.270 e. The SMILES string of the molecule is CCC(NC(=O)c1ccc(Cl)cc1)C1C2CC(NC(=O)c3ccc(F)cn3)C[C@@H]21. The normalized spacial score (nSPS) is 25.8. The number of amides is 2. The van der Waals surface area contributed by atoms with Gasteiger partial charge in [-0.3, -0.25) is 9.59 Å². The van der Waals surface area contributed by atoms with Crippen LogP contribution in [0.3, 0.4) is 0 Å². The molecule has 2 aliphatic rings. The number of hydrogen-bond donors (Lipinski definition) is 2. The van der Waals surface area contributed by atoms with Crippen LogP contribution in [-0.4, -0.2) is 28.9 Å². The molecular formula is C22H23ClFN3O2. The Bertz CT molecular complexity index is 891. The number of nitrogens with one attached hydrogen (secondary N) is 2. The quantitative estimate of drug-likeness (QED) is 0.753. The Balaban J connectivity index is 1.29. The summed E-state index contributed by atoms with van der Waals surface area (Å²) in [6.07, 6.45) is 3.71. The van der Waals surface area contributed by atoms with E-state index in [0.29, 0.717) is 28.3 Å². The molecule has 0 bridgehead atoms. The third kappa shape index (κ3) is 4.27. The first-order valence-corrected chi connectivity index (χ1v) is 10.3. The molecule has 0 saturated heterocycles. The van der Waals surface area contributed by atoms with E-state index in [1.807, 2.05) is 0 Å². The summed E-state index contributed by atoms with van der Waals surface area (Å²) in [6.45, 7) is 2.08. The third-order valence-corrected chi connectivity index (χ3v) is 6.39. The van der Waals surface area contributed by atoms with Crippen LogP contribution in [0.15, 0.2) is 42.6 Å². The molecule has 1 aromatic carbocycles. The number of pyridine rings is 1. The largest absolute Gasteiger partial charge is 0.349 e. The molecule has 5 atom stereocenters. The second kappa shape index (κ2) is 8.11. The Kier molecular flexibility index (Phi) is 5.54. The molecule has 0 radical (unpaired) electrons. The molecule has 29 heavy (non-hydrogen) atoms. The molecule has 4 unspecified atom stereocenters. The van der Waals surface area contributed by atoms with Crippen LogP contribution in [-0.2, 0) is 0 Å². The Morgan fingerprint density at radius 3 is 2.41 bits per heavy atom. The van der Waals surface area contributed by atoms with Crippen molar-refractivity contribution in [1.82, 2.24) is 15.6 Å². The highest BCUT2D eigenvalue weighted by atomic mass is 35.5. The zero-order chi connectivity index (χ0) is 20.5. The van der Waals surface area contributed by atoms with Crippen LogP contribution in [0.4, 0.5) is 4.39 Å². The van der Waals surface area contributed by atoms with Crippen molar-refractivity contribution in [1.29, 1.82) is 0 Å². The van der Waals surface area contributed by atoms with Gasteiger partial charge >= 0.3 is 0 Å². The predicted molar refractivity (Wildman–Crippen MR) is 108 cm³/mol. The average molecular weight is 416 g/mol. The first-order chi connectivity index (χ1) is 14.0. The number of carbonyl (C=O) groups excluding carboxylic acids is 2. The highest BCUT2D eigenvalue weighted by molar-refractivity contribution is 6.30. The lowest BCUT2D eigenvalue weighted by molar-refractivity contribution is 0.0926. The van der Waals surface area contributed by atoms with Gasteiger partial charge in [0.05, 0.1) is 6.20 Å². The molecule has 2 amide bonds. The van der Waals surface area contributed by atoms with E-state index in [-0.39, 0.29) is 29.6 Å². The maximum absolute atomic E-state index is 13.0. The number of rotatable bonds is 6. The highest BCUT2D eigenvalue weighted by Crippen LogP contribution is 2.59. The number of carbonyl (C=O) groups is 2. The van der Waals surface area contributed by atoms with Gasteiger partial charge in [-0.15, -0.1) is 0 Å². The van der Waals surface area contributed by atoms with Crippen LogP contribution in [0.1, 0.15) is 47.0 Å². The van der Waals surface area contributed by atoms with Gasteiger partial charge in [-0.2, -0.15) is 0 Å². The summed E-state index contributed by atoms with van der Waals surface area (Å²) >= 11 is 5.89. The highest BCUT2D eigenvalue weighted by Gasteiger charge is 2.58. The van der Waals surface area contributed by atoms with E-state index >= 15 is 0 Å². The molecule has 0 spiro atoms. The minimum Gasteiger partial charge on any atom is -0.349 e. The van der Waals surface area contributed by atoms with E-state index in [1.54, 1.807) is 24.3 Å². The van der Waals surface area contributed by atoms with Crippen LogP contribution in [0.25, 0.3) is 0 Å². The van der Waals surface area contributed by atoms with Crippen molar-refractivity contribution >= 4 is 23.4 Å². The van der Waals surface area contributed by atoms with Gasteiger partial charge in [0, 0.05) is 22.7 Å². The van der Waals surface area contributed by atoms with Gasteiger partial charge in [-0.1, -0.05) is 18.5 Å². The second-order valence-corrected chi connectivity index (χ2v) is 8.34. The summed E-state index contributed by atoms with van der Waals surface area (Å²) < 4.78 is 13.0. The summed E-state index contributed by atoms with van der Waals surface area (Å²) in [4.78, 5) is 28.6. The fourth-order valence-corrected chi connectivity index (χ4v) is 4.83. The minimum atomic E-state index is -0.460.